The lowest BCUT2D eigenvalue weighted by Gasteiger charge is -2.37. The third-order valence-electron chi connectivity index (χ3n) is 2.95. The molecule has 17 heavy (non-hydrogen) atoms. The molecule has 1 saturated heterocycles. The minimum Gasteiger partial charge on any atom is -0.480 e. The van der Waals surface area contributed by atoms with Crippen molar-refractivity contribution in [2.75, 3.05) is 26.8 Å². The number of aliphatic hydroxyl groups excluding tert-OH is 4. The van der Waals surface area contributed by atoms with E-state index in [-0.39, 0.29) is 0 Å². The highest BCUT2D eigenvalue weighted by atomic mass is 16.6. The number of nitrogens with zero attached hydrogens (tertiary/aromatic N) is 1. The van der Waals surface area contributed by atoms with Crippen LogP contribution in [0.4, 0.5) is 0 Å². The minimum absolute atomic E-state index is 0.484. The van der Waals surface area contributed by atoms with Crippen LogP contribution in [0.15, 0.2) is 0 Å². The fourth-order valence-electron chi connectivity index (χ4n) is 1.92. The van der Waals surface area contributed by atoms with Gasteiger partial charge < -0.3 is 30.3 Å². The zero-order valence-electron chi connectivity index (χ0n) is 9.35. The predicted octanol–water partition coefficient (Wildman–Crippen LogP) is -3.20. The van der Waals surface area contributed by atoms with Crippen molar-refractivity contribution in [3.05, 3.63) is 0 Å². The van der Waals surface area contributed by atoms with Crippen molar-refractivity contribution in [3.63, 3.8) is 0 Å². The monoisotopic (exact) mass is 251 g/mol. The second kappa shape index (κ2) is 5.25. The molecule has 4 atom stereocenters. The maximum absolute atomic E-state index is 10.6. The molecule has 0 aromatic carbocycles. The Kier molecular flexibility index (Phi) is 4.42. The predicted molar refractivity (Wildman–Crippen MR) is 54.1 cm³/mol. The van der Waals surface area contributed by atoms with E-state index in [4.69, 9.17) is 14.9 Å². The third kappa shape index (κ3) is 2.41. The van der Waals surface area contributed by atoms with E-state index in [1.54, 1.807) is 0 Å². The number of aliphatic hydroxyl groups is 4. The van der Waals surface area contributed by atoms with E-state index in [2.05, 4.69) is 0 Å². The normalized spacial score (nSPS) is 37.6. The average molecular weight is 251 g/mol. The molecule has 0 amide bonds. The molecule has 0 aromatic rings. The second-order valence-corrected chi connectivity index (χ2v) is 4.03. The Morgan fingerprint density at radius 1 is 1.41 bits per heavy atom. The Bertz CT molecular complexity index is 287. The summed E-state index contributed by atoms with van der Waals surface area (Å²) in [6, 6.07) is 0. The fraction of sp³-hybridized carbons (Fsp3) is 0.889. The maximum Gasteiger partial charge on any atom is 0.317 e. The van der Waals surface area contributed by atoms with Gasteiger partial charge in [0, 0.05) is 0 Å². The van der Waals surface area contributed by atoms with E-state index < -0.39 is 49.8 Å². The second-order valence-electron chi connectivity index (χ2n) is 4.03. The summed E-state index contributed by atoms with van der Waals surface area (Å²) in [5.41, 5.74) is -1.72. The summed E-state index contributed by atoms with van der Waals surface area (Å²) in [6.07, 6.45) is -3.95. The van der Waals surface area contributed by atoms with Crippen LogP contribution < -0.4 is 0 Å². The Labute approximate surface area is 97.7 Å². The first kappa shape index (κ1) is 14.3. The van der Waals surface area contributed by atoms with Crippen molar-refractivity contribution < 1.29 is 35.1 Å². The van der Waals surface area contributed by atoms with E-state index in [0.29, 0.717) is 0 Å². The lowest BCUT2D eigenvalue weighted by atomic mass is 10.0. The van der Waals surface area contributed by atoms with Crippen molar-refractivity contribution in [3.8, 4) is 0 Å². The topological polar surface area (TPSA) is 131 Å². The molecule has 0 radical (unpaired) electrons. The summed E-state index contributed by atoms with van der Waals surface area (Å²) in [5, 5.41) is 46.3. The van der Waals surface area contributed by atoms with E-state index in [9.17, 15) is 20.1 Å². The van der Waals surface area contributed by atoms with E-state index in [1.807, 2.05) is 0 Å². The molecule has 5 N–H and O–H groups in total. The van der Waals surface area contributed by atoms with Gasteiger partial charge in [-0.25, -0.2) is 0 Å². The quantitative estimate of drug-likeness (QED) is 0.345. The number of ether oxygens (including phenoxy) is 1. The first-order chi connectivity index (χ1) is 7.89. The molecule has 0 aromatic heterocycles. The first-order valence-electron chi connectivity index (χ1n) is 5.07. The van der Waals surface area contributed by atoms with Crippen LogP contribution in [0.3, 0.4) is 0 Å². The van der Waals surface area contributed by atoms with Crippen molar-refractivity contribution in [1.82, 2.24) is 4.90 Å². The fourth-order valence-corrected chi connectivity index (χ4v) is 1.92. The van der Waals surface area contributed by atoms with Gasteiger partial charge in [-0.3, -0.25) is 9.69 Å². The molecule has 0 spiro atoms. The van der Waals surface area contributed by atoms with Crippen LogP contribution in [0, 0.1) is 0 Å². The average Bonchev–Trinajstić information content (AvgIpc) is 2.52. The van der Waals surface area contributed by atoms with Crippen molar-refractivity contribution >= 4 is 5.97 Å². The van der Waals surface area contributed by atoms with Gasteiger partial charge in [-0.2, -0.15) is 0 Å². The number of carbonyl (C=O) groups is 1. The van der Waals surface area contributed by atoms with Crippen LogP contribution in [0.1, 0.15) is 0 Å². The van der Waals surface area contributed by atoms with Gasteiger partial charge in [0.15, 0.2) is 5.72 Å². The number of carboxylic acid groups (broad SMARTS) is 1. The Balaban J connectivity index is 2.92. The molecular weight excluding hydrogens is 234 g/mol. The SMILES string of the molecule is CN(CC(=O)O)C1(CO)O[C@H](CO)[C@@H](O)[C@@H]1O. The van der Waals surface area contributed by atoms with Crippen LogP contribution in [-0.4, -0.2) is 87.2 Å². The van der Waals surface area contributed by atoms with Crippen LogP contribution in [0.25, 0.3) is 0 Å². The molecule has 1 aliphatic rings. The zero-order chi connectivity index (χ0) is 13.2. The molecule has 1 heterocycles. The molecule has 8 nitrogen and oxygen atoms in total. The molecule has 0 saturated carbocycles. The third-order valence-corrected chi connectivity index (χ3v) is 2.95. The van der Waals surface area contributed by atoms with Crippen molar-refractivity contribution in [2.45, 2.75) is 24.0 Å². The molecule has 1 fully saturated rings. The van der Waals surface area contributed by atoms with Crippen LogP contribution in [-0.2, 0) is 9.53 Å². The highest BCUT2D eigenvalue weighted by Gasteiger charge is 2.56. The minimum atomic E-state index is -1.72. The van der Waals surface area contributed by atoms with E-state index >= 15 is 0 Å². The van der Waals surface area contributed by atoms with Crippen LogP contribution in [0.5, 0.6) is 0 Å². The Hall–Kier alpha value is -0.770. The smallest absolute Gasteiger partial charge is 0.317 e. The molecular formula is C9H17NO7. The number of aliphatic carboxylic acids is 1. The molecule has 1 rings (SSSR count). The summed E-state index contributed by atoms with van der Waals surface area (Å²) in [6.45, 7) is -1.73. The lowest BCUT2D eigenvalue weighted by molar-refractivity contribution is -0.202. The molecule has 1 aliphatic heterocycles. The summed E-state index contributed by atoms with van der Waals surface area (Å²) in [7, 11) is 1.33. The number of hydrogen-bond donors (Lipinski definition) is 5. The lowest BCUT2D eigenvalue weighted by Crippen LogP contribution is -2.59. The van der Waals surface area contributed by atoms with Crippen LogP contribution >= 0.6 is 0 Å². The number of hydrogen-bond acceptors (Lipinski definition) is 7. The highest BCUT2D eigenvalue weighted by molar-refractivity contribution is 5.69. The van der Waals surface area contributed by atoms with E-state index in [1.165, 1.54) is 7.05 Å². The van der Waals surface area contributed by atoms with Gasteiger partial charge in [0.1, 0.15) is 18.3 Å². The van der Waals surface area contributed by atoms with Gasteiger partial charge in [-0.15, -0.1) is 0 Å². The summed E-state index contributed by atoms with van der Waals surface area (Å²) >= 11 is 0. The van der Waals surface area contributed by atoms with Gasteiger partial charge in [0.05, 0.1) is 19.8 Å². The molecule has 0 aliphatic carbocycles. The standard InChI is InChI=1S/C9H17NO7/c1-10(2-6(13)14)9(4-12)8(16)7(15)5(3-11)17-9/h5,7-8,11-12,15-16H,2-4H2,1H3,(H,13,14)/t5-,7-,8+,9?/m1/s1. The van der Waals surface area contributed by atoms with Gasteiger partial charge in [-0.05, 0) is 7.05 Å². The molecule has 1 unspecified atom stereocenters. The number of rotatable bonds is 5. The number of likely N-dealkylation sites (N-methyl/N-ethyl adjacent to an activating group) is 1. The summed E-state index contributed by atoms with van der Waals surface area (Å²) in [5.74, 6) is -1.17. The van der Waals surface area contributed by atoms with Gasteiger partial charge >= 0.3 is 5.97 Å². The van der Waals surface area contributed by atoms with Gasteiger partial charge in [0.25, 0.3) is 0 Å². The number of carboxylic acids is 1. The molecule has 100 valence electrons. The Morgan fingerprint density at radius 2 is 2.00 bits per heavy atom. The summed E-state index contributed by atoms with van der Waals surface area (Å²) < 4.78 is 5.20. The van der Waals surface area contributed by atoms with Gasteiger partial charge in [-0.1, -0.05) is 0 Å². The maximum atomic E-state index is 10.6. The largest absolute Gasteiger partial charge is 0.480 e. The molecule has 8 heteroatoms. The first-order valence-corrected chi connectivity index (χ1v) is 5.07. The van der Waals surface area contributed by atoms with Gasteiger partial charge in [0.2, 0.25) is 0 Å². The molecule has 0 bridgehead atoms. The zero-order valence-corrected chi connectivity index (χ0v) is 9.35. The van der Waals surface area contributed by atoms with Crippen LogP contribution in [0.2, 0.25) is 0 Å². The van der Waals surface area contributed by atoms with Crippen molar-refractivity contribution in [2.24, 2.45) is 0 Å². The Morgan fingerprint density at radius 3 is 2.35 bits per heavy atom. The highest BCUT2D eigenvalue weighted by Crippen LogP contribution is 2.33. The summed E-state index contributed by atoms with van der Waals surface area (Å²) in [4.78, 5) is 11.7. The van der Waals surface area contributed by atoms with Crippen molar-refractivity contribution in [1.29, 1.82) is 0 Å². The van der Waals surface area contributed by atoms with E-state index in [0.717, 1.165) is 4.90 Å².